The van der Waals surface area contributed by atoms with Crippen molar-refractivity contribution < 1.29 is 9.57 Å². The highest BCUT2D eigenvalue weighted by Gasteiger charge is 2.04. The number of hydrogen-bond acceptors (Lipinski definition) is 3. The highest BCUT2D eigenvalue weighted by molar-refractivity contribution is 6.30. The van der Waals surface area contributed by atoms with Gasteiger partial charge in [-0.05, 0) is 53.4 Å². The number of oxime groups is 1. The van der Waals surface area contributed by atoms with Gasteiger partial charge in [-0.3, -0.25) is 0 Å². The Morgan fingerprint density at radius 2 is 1.67 bits per heavy atom. The van der Waals surface area contributed by atoms with Crippen LogP contribution >= 0.6 is 11.6 Å². The van der Waals surface area contributed by atoms with Crippen LogP contribution in [0.5, 0.6) is 5.75 Å². The van der Waals surface area contributed by atoms with Crippen molar-refractivity contribution in [3.8, 4) is 16.9 Å². The molecule has 27 heavy (non-hydrogen) atoms. The van der Waals surface area contributed by atoms with Crippen molar-refractivity contribution in [1.82, 2.24) is 0 Å². The van der Waals surface area contributed by atoms with E-state index in [4.69, 9.17) is 21.2 Å². The summed E-state index contributed by atoms with van der Waals surface area (Å²) in [5.74, 6) is 0.776. The third-order valence-electron chi connectivity index (χ3n) is 4.03. The SMILES string of the molecule is CCC(=NOCCOc1c[c]ccc1)c1ccc(-c2ccc(Cl)cc2)cc1. The lowest BCUT2D eigenvalue weighted by Crippen LogP contribution is -2.06. The fourth-order valence-electron chi connectivity index (χ4n) is 2.61. The Hall–Kier alpha value is -2.78. The molecule has 0 bridgehead atoms. The molecule has 0 N–H and O–H groups in total. The Kier molecular flexibility index (Phi) is 6.89. The van der Waals surface area contributed by atoms with E-state index in [2.05, 4.69) is 42.4 Å². The normalized spacial score (nSPS) is 11.3. The van der Waals surface area contributed by atoms with Crippen molar-refractivity contribution in [2.24, 2.45) is 5.16 Å². The van der Waals surface area contributed by atoms with Crippen LogP contribution in [0.1, 0.15) is 18.9 Å². The predicted octanol–water partition coefficient (Wildman–Crippen LogP) is 6.02. The van der Waals surface area contributed by atoms with Crippen LogP contribution in [0.15, 0.2) is 78.0 Å². The Bertz CT molecular complexity index is 859. The molecule has 137 valence electrons. The zero-order valence-corrected chi connectivity index (χ0v) is 15.9. The lowest BCUT2D eigenvalue weighted by molar-refractivity contribution is 0.107. The summed E-state index contributed by atoms with van der Waals surface area (Å²) < 4.78 is 5.57. The molecule has 0 fully saturated rings. The Morgan fingerprint density at radius 3 is 2.30 bits per heavy atom. The summed E-state index contributed by atoms with van der Waals surface area (Å²) >= 11 is 5.95. The highest BCUT2D eigenvalue weighted by Crippen LogP contribution is 2.22. The molecule has 0 unspecified atom stereocenters. The van der Waals surface area contributed by atoms with Gasteiger partial charge in [0.2, 0.25) is 0 Å². The van der Waals surface area contributed by atoms with Crippen LogP contribution in [0.4, 0.5) is 0 Å². The largest absolute Gasteiger partial charge is 0.490 e. The third kappa shape index (κ3) is 5.60. The molecule has 0 heterocycles. The van der Waals surface area contributed by atoms with Crippen molar-refractivity contribution >= 4 is 17.3 Å². The zero-order valence-electron chi connectivity index (χ0n) is 15.2. The summed E-state index contributed by atoms with van der Waals surface area (Å²) in [7, 11) is 0. The van der Waals surface area contributed by atoms with Crippen molar-refractivity contribution in [3.63, 3.8) is 0 Å². The van der Waals surface area contributed by atoms with E-state index in [9.17, 15) is 0 Å². The highest BCUT2D eigenvalue weighted by atomic mass is 35.5. The first-order chi connectivity index (χ1) is 13.3. The van der Waals surface area contributed by atoms with Crippen LogP contribution in [0.3, 0.4) is 0 Å². The number of benzene rings is 3. The first kappa shape index (κ1) is 19.0. The molecule has 3 rings (SSSR count). The lowest BCUT2D eigenvalue weighted by Gasteiger charge is -2.08. The van der Waals surface area contributed by atoms with E-state index in [0.29, 0.717) is 13.2 Å². The standard InChI is InChI=1S/C23H21ClNO2/c1-2-23(25-27-17-16-26-22-6-4-3-5-7-22)20-10-8-18(9-11-20)19-12-14-21(24)15-13-19/h3-4,6-15H,2,16-17H2,1H3. The van der Waals surface area contributed by atoms with E-state index in [1.807, 2.05) is 42.5 Å². The fourth-order valence-corrected chi connectivity index (χ4v) is 2.73. The van der Waals surface area contributed by atoms with Crippen molar-refractivity contribution in [2.75, 3.05) is 13.2 Å². The van der Waals surface area contributed by atoms with E-state index in [1.54, 1.807) is 6.07 Å². The Labute approximate surface area is 165 Å². The van der Waals surface area contributed by atoms with Crippen LogP contribution in [-0.4, -0.2) is 18.9 Å². The number of ether oxygens (including phenoxy) is 1. The maximum absolute atomic E-state index is 5.95. The second-order valence-corrected chi connectivity index (χ2v) is 6.33. The summed E-state index contributed by atoms with van der Waals surface area (Å²) in [5, 5.41) is 5.01. The minimum atomic E-state index is 0.390. The van der Waals surface area contributed by atoms with Crippen molar-refractivity contribution in [2.45, 2.75) is 13.3 Å². The van der Waals surface area contributed by atoms with Gasteiger partial charge in [-0.1, -0.05) is 72.2 Å². The quantitative estimate of drug-likeness (QED) is 0.273. The van der Waals surface area contributed by atoms with Gasteiger partial charge >= 0.3 is 0 Å². The molecule has 0 aliphatic carbocycles. The van der Waals surface area contributed by atoms with Crippen molar-refractivity contribution in [1.29, 1.82) is 0 Å². The first-order valence-electron chi connectivity index (χ1n) is 8.90. The molecule has 0 saturated heterocycles. The van der Waals surface area contributed by atoms with E-state index in [0.717, 1.165) is 39.6 Å². The molecule has 0 atom stereocenters. The maximum atomic E-state index is 5.95. The minimum absolute atomic E-state index is 0.390. The number of rotatable bonds is 8. The molecule has 4 heteroatoms. The van der Waals surface area contributed by atoms with Gasteiger partial charge in [-0.15, -0.1) is 0 Å². The van der Waals surface area contributed by atoms with Crippen LogP contribution in [0, 0.1) is 6.07 Å². The van der Waals surface area contributed by atoms with E-state index < -0.39 is 0 Å². The average Bonchev–Trinajstić information content (AvgIpc) is 2.72. The van der Waals surface area contributed by atoms with Crippen LogP contribution in [0.25, 0.3) is 11.1 Å². The molecule has 3 nitrogen and oxygen atoms in total. The minimum Gasteiger partial charge on any atom is -0.490 e. The molecule has 0 aliphatic rings. The van der Waals surface area contributed by atoms with Gasteiger partial charge in [0.05, 0.1) is 5.71 Å². The molecular formula is C23H21ClNO2. The molecule has 0 amide bonds. The number of nitrogens with zero attached hydrogens (tertiary/aromatic N) is 1. The summed E-state index contributed by atoms with van der Waals surface area (Å²) in [6, 6.07) is 26.5. The van der Waals surface area contributed by atoms with Gasteiger partial charge in [0.25, 0.3) is 0 Å². The summed E-state index contributed by atoms with van der Waals surface area (Å²) in [5.41, 5.74) is 4.23. The molecule has 0 aliphatic heterocycles. The van der Waals surface area contributed by atoms with Gasteiger partial charge in [0.1, 0.15) is 12.4 Å². The molecule has 0 saturated carbocycles. The molecule has 0 spiro atoms. The fraction of sp³-hybridized carbons (Fsp3) is 0.174. The Balaban J connectivity index is 1.56. The average molecular weight is 379 g/mol. The summed E-state index contributed by atoms with van der Waals surface area (Å²) in [4.78, 5) is 5.43. The monoisotopic (exact) mass is 378 g/mol. The van der Waals surface area contributed by atoms with Crippen LogP contribution in [0.2, 0.25) is 5.02 Å². The second-order valence-electron chi connectivity index (χ2n) is 5.90. The molecule has 3 aromatic rings. The van der Waals surface area contributed by atoms with E-state index in [1.165, 1.54) is 0 Å². The summed E-state index contributed by atoms with van der Waals surface area (Å²) in [6.45, 7) is 2.89. The van der Waals surface area contributed by atoms with Gasteiger partial charge in [-0.25, -0.2) is 0 Å². The lowest BCUT2D eigenvalue weighted by atomic mass is 10.0. The van der Waals surface area contributed by atoms with Gasteiger partial charge in [-0.2, -0.15) is 0 Å². The predicted molar refractivity (Wildman–Crippen MR) is 110 cm³/mol. The van der Waals surface area contributed by atoms with Gasteiger partial charge < -0.3 is 9.57 Å². The second kappa shape index (κ2) is 9.79. The van der Waals surface area contributed by atoms with Crippen LogP contribution < -0.4 is 4.74 Å². The molecule has 3 aromatic carbocycles. The van der Waals surface area contributed by atoms with Gasteiger partial charge in [0, 0.05) is 5.02 Å². The van der Waals surface area contributed by atoms with Crippen molar-refractivity contribution in [3.05, 3.63) is 89.4 Å². The first-order valence-corrected chi connectivity index (χ1v) is 9.28. The number of halogens is 1. The summed E-state index contributed by atoms with van der Waals surface area (Å²) in [6.07, 6.45) is 0.787. The zero-order chi connectivity index (χ0) is 18.9. The van der Waals surface area contributed by atoms with Gasteiger partial charge in [0.15, 0.2) is 6.61 Å². The van der Waals surface area contributed by atoms with E-state index in [-0.39, 0.29) is 0 Å². The smallest absolute Gasteiger partial charge is 0.151 e. The topological polar surface area (TPSA) is 30.8 Å². The Morgan fingerprint density at radius 1 is 0.963 bits per heavy atom. The molecule has 1 radical (unpaired) electrons. The maximum Gasteiger partial charge on any atom is 0.151 e. The number of hydrogen-bond donors (Lipinski definition) is 0. The molecular weight excluding hydrogens is 358 g/mol. The van der Waals surface area contributed by atoms with E-state index >= 15 is 0 Å². The third-order valence-corrected chi connectivity index (χ3v) is 4.28. The molecule has 0 aromatic heterocycles. The van der Waals surface area contributed by atoms with Crippen LogP contribution in [-0.2, 0) is 4.84 Å².